The number of carboxylic acids is 1. The summed E-state index contributed by atoms with van der Waals surface area (Å²) in [6.45, 7) is -1.37. The van der Waals surface area contributed by atoms with Crippen LogP contribution in [0.4, 0.5) is 0 Å². The zero-order valence-electron chi connectivity index (χ0n) is 33.0. The van der Waals surface area contributed by atoms with Crippen LogP contribution in [0.25, 0.3) is 10.4 Å². The van der Waals surface area contributed by atoms with Gasteiger partial charge in [0.05, 0.1) is 39.5 Å². The molecule has 0 aliphatic carbocycles. The third kappa shape index (κ3) is 19.2. The zero-order valence-corrected chi connectivity index (χ0v) is 33.0. The van der Waals surface area contributed by atoms with Gasteiger partial charge in [-0.05, 0) is 29.6 Å². The Hall–Kier alpha value is -5.59. The molecule has 5 amide bonds. The van der Waals surface area contributed by atoms with E-state index in [9.17, 15) is 33.9 Å². The average Bonchev–Trinajstić information content (AvgIpc) is 3.20. The van der Waals surface area contributed by atoms with Gasteiger partial charge in [-0.2, -0.15) is 0 Å². The van der Waals surface area contributed by atoms with Crippen LogP contribution in [0.1, 0.15) is 17.5 Å². The Morgan fingerprint density at radius 1 is 0.614 bits per heavy atom. The van der Waals surface area contributed by atoms with Crippen LogP contribution in [0, 0.1) is 0 Å². The van der Waals surface area contributed by atoms with Gasteiger partial charge in [-0.15, -0.1) is 0 Å². The van der Waals surface area contributed by atoms with Crippen LogP contribution in [0.2, 0.25) is 0 Å². The highest BCUT2D eigenvalue weighted by Gasteiger charge is 2.29. The highest BCUT2D eigenvalue weighted by Crippen LogP contribution is 2.11. The molecule has 0 aliphatic heterocycles. The van der Waals surface area contributed by atoms with E-state index in [4.69, 9.17) is 19.7 Å². The molecule has 2 N–H and O–H groups in total. The number of hydrogen-bond acceptors (Lipinski definition) is 11. The van der Waals surface area contributed by atoms with E-state index in [1.54, 1.807) is 54.6 Å². The molecule has 0 fully saturated rings. The molecular weight excluding hydrogens is 742 g/mol. The minimum Gasteiger partial charge on any atom is -0.480 e. The monoisotopic (exact) mass is 797 g/mol. The first kappa shape index (κ1) is 47.6. The number of ether oxygens (including phenoxy) is 3. The molecule has 0 radical (unpaired) electrons. The number of nitrogens with one attached hydrogen (secondary N) is 1. The van der Waals surface area contributed by atoms with Crippen molar-refractivity contribution in [3.05, 3.63) is 82.2 Å². The first-order valence-corrected chi connectivity index (χ1v) is 18.4. The highest BCUT2D eigenvalue weighted by molar-refractivity contribution is 5.92. The third-order valence-electron chi connectivity index (χ3n) is 8.47. The van der Waals surface area contributed by atoms with Crippen molar-refractivity contribution < 1.29 is 48.1 Å². The van der Waals surface area contributed by atoms with Crippen LogP contribution in [0.5, 0.6) is 0 Å². The predicted octanol–water partition coefficient (Wildman–Crippen LogP) is 0.844. The van der Waals surface area contributed by atoms with Gasteiger partial charge in [0.2, 0.25) is 29.5 Å². The fourth-order valence-electron chi connectivity index (χ4n) is 5.40. The topological polar surface area (TPSA) is 227 Å². The van der Waals surface area contributed by atoms with Gasteiger partial charge in [0.25, 0.3) is 0 Å². The van der Waals surface area contributed by atoms with Crippen molar-refractivity contribution in [1.29, 1.82) is 0 Å². The smallest absolute Gasteiger partial charge is 0.323 e. The number of carboxylic acid groups (broad SMARTS) is 1. The molecule has 0 heterocycles. The fourth-order valence-corrected chi connectivity index (χ4v) is 5.40. The van der Waals surface area contributed by atoms with E-state index in [1.807, 2.05) is 6.07 Å². The van der Waals surface area contributed by atoms with E-state index in [-0.39, 0.29) is 78.1 Å². The van der Waals surface area contributed by atoms with Gasteiger partial charge in [0, 0.05) is 65.5 Å². The summed E-state index contributed by atoms with van der Waals surface area (Å²) in [4.78, 5) is 89.2. The highest BCUT2D eigenvalue weighted by atomic mass is 16.5. The second-order valence-corrected chi connectivity index (χ2v) is 12.8. The summed E-state index contributed by atoms with van der Waals surface area (Å²) in [6, 6.07) is 17.9. The Morgan fingerprint density at radius 2 is 1.00 bits per heavy atom. The standard InChI is InChI=1S/C38H55N9O10/c1-55-20-17-43(33(48)23-40-15-10-16-41-42-39)26-36(51)46(24-31-11-6-4-7-12-31)28-34(49)44(18-21-56-2)27-37(52)47(25-32-13-8-5-9-14-32)29-35(50)45(19-22-57-3)30-38(53)54/h4-9,11-14,40H,10,15-30H2,1-3H3,(H,53,54). The number of amides is 5. The molecule has 19 heteroatoms. The summed E-state index contributed by atoms with van der Waals surface area (Å²) in [5.74, 6) is -3.93. The number of benzene rings is 2. The lowest BCUT2D eigenvalue weighted by molar-refractivity contribution is -0.149. The Kier molecular flexibility index (Phi) is 23.3. The number of azide groups is 1. The molecule has 2 aromatic carbocycles. The van der Waals surface area contributed by atoms with Crippen LogP contribution in [-0.4, -0.2) is 178 Å². The van der Waals surface area contributed by atoms with Gasteiger partial charge in [0.1, 0.15) is 19.6 Å². The molecule has 57 heavy (non-hydrogen) atoms. The van der Waals surface area contributed by atoms with Gasteiger partial charge >= 0.3 is 5.97 Å². The first-order chi connectivity index (χ1) is 27.5. The molecule has 0 atom stereocenters. The molecule has 19 nitrogen and oxygen atoms in total. The Labute approximate surface area is 333 Å². The molecular formula is C38H55N9O10. The van der Waals surface area contributed by atoms with Gasteiger partial charge in [-0.3, -0.25) is 28.8 Å². The summed E-state index contributed by atoms with van der Waals surface area (Å²) >= 11 is 0. The number of aliphatic carboxylic acids is 1. The molecule has 2 aromatic rings. The van der Waals surface area contributed by atoms with Gasteiger partial charge in [-0.25, -0.2) is 0 Å². The first-order valence-electron chi connectivity index (χ1n) is 18.4. The van der Waals surface area contributed by atoms with Crippen molar-refractivity contribution in [2.75, 3.05) is 113 Å². The van der Waals surface area contributed by atoms with Crippen molar-refractivity contribution in [1.82, 2.24) is 29.8 Å². The van der Waals surface area contributed by atoms with Crippen molar-refractivity contribution >= 4 is 35.5 Å². The largest absolute Gasteiger partial charge is 0.480 e. The molecule has 0 unspecified atom stereocenters. The fraction of sp³-hybridized carbons (Fsp3) is 0.526. The molecule has 0 aliphatic rings. The quantitative estimate of drug-likeness (QED) is 0.0508. The Morgan fingerprint density at radius 3 is 1.40 bits per heavy atom. The van der Waals surface area contributed by atoms with E-state index in [0.717, 1.165) is 10.5 Å². The van der Waals surface area contributed by atoms with Crippen LogP contribution in [0.3, 0.4) is 0 Å². The second-order valence-electron chi connectivity index (χ2n) is 12.8. The minimum atomic E-state index is -1.23. The lowest BCUT2D eigenvalue weighted by Crippen LogP contribution is -2.52. The van der Waals surface area contributed by atoms with Crippen molar-refractivity contribution in [3.63, 3.8) is 0 Å². The van der Waals surface area contributed by atoms with Crippen LogP contribution in [-0.2, 0) is 56.1 Å². The predicted molar refractivity (Wildman–Crippen MR) is 208 cm³/mol. The molecule has 0 saturated heterocycles. The maximum Gasteiger partial charge on any atom is 0.323 e. The van der Waals surface area contributed by atoms with Crippen molar-refractivity contribution in [2.45, 2.75) is 19.5 Å². The van der Waals surface area contributed by atoms with Gasteiger partial charge in [-0.1, -0.05) is 65.8 Å². The SMILES string of the molecule is COCCN(CC(=O)O)C(=O)CN(Cc1ccccc1)C(=O)CN(CCOC)C(=O)CN(Cc1ccccc1)C(=O)CN(CCOC)C(=O)CNCCCN=[N+]=[N-]. The normalized spacial score (nSPS) is 10.6. The van der Waals surface area contributed by atoms with Crippen LogP contribution in [0.15, 0.2) is 65.8 Å². The number of carbonyl (C=O) groups is 6. The molecule has 2 rings (SSSR count). The number of hydrogen-bond donors (Lipinski definition) is 2. The number of methoxy groups -OCH3 is 3. The summed E-state index contributed by atoms with van der Waals surface area (Å²) in [5, 5.41) is 15.9. The lowest BCUT2D eigenvalue weighted by atomic mass is 10.2. The summed E-state index contributed by atoms with van der Waals surface area (Å²) in [5.41, 5.74) is 9.89. The minimum absolute atomic E-state index is 0.00444. The zero-order chi connectivity index (χ0) is 41.8. The van der Waals surface area contributed by atoms with E-state index in [0.29, 0.717) is 18.5 Å². The molecule has 0 aromatic heterocycles. The molecule has 0 spiro atoms. The number of rotatable bonds is 29. The van der Waals surface area contributed by atoms with Crippen LogP contribution < -0.4 is 5.32 Å². The molecule has 0 saturated carbocycles. The van der Waals surface area contributed by atoms with Crippen molar-refractivity contribution in [2.24, 2.45) is 5.11 Å². The number of carbonyl (C=O) groups excluding carboxylic acids is 5. The van der Waals surface area contributed by atoms with E-state index >= 15 is 0 Å². The third-order valence-corrected chi connectivity index (χ3v) is 8.47. The number of nitrogens with zero attached hydrogens (tertiary/aromatic N) is 8. The maximum absolute atomic E-state index is 14.1. The van der Waals surface area contributed by atoms with Crippen molar-refractivity contribution in [3.8, 4) is 0 Å². The van der Waals surface area contributed by atoms with E-state index < -0.39 is 55.8 Å². The summed E-state index contributed by atoms with van der Waals surface area (Å²) < 4.78 is 15.5. The lowest BCUT2D eigenvalue weighted by Gasteiger charge is -2.31. The Bertz CT molecular complexity index is 1600. The summed E-state index contributed by atoms with van der Waals surface area (Å²) in [6.07, 6.45) is 0.515. The molecule has 0 bridgehead atoms. The average molecular weight is 798 g/mol. The second kappa shape index (κ2) is 27.9. The maximum atomic E-state index is 14.1. The Balaban J connectivity index is 2.35. The van der Waals surface area contributed by atoms with Crippen LogP contribution >= 0.6 is 0 Å². The van der Waals surface area contributed by atoms with Gasteiger partial charge < -0.3 is 49.1 Å². The van der Waals surface area contributed by atoms with E-state index in [2.05, 4.69) is 15.3 Å². The van der Waals surface area contributed by atoms with E-state index in [1.165, 1.54) is 40.9 Å². The summed E-state index contributed by atoms with van der Waals surface area (Å²) in [7, 11) is 4.33. The van der Waals surface area contributed by atoms with Gasteiger partial charge in [0.15, 0.2) is 0 Å². The molecule has 312 valence electrons.